The van der Waals surface area contributed by atoms with Crippen LogP contribution in [0.1, 0.15) is 26.3 Å². The van der Waals surface area contributed by atoms with Gasteiger partial charge in [0.2, 0.25) is 10.0 Å². The predicted molar refractivity (Wildman–Crippen MR) is 110 cm³/mol. The molecule has 2 aromatic carbocycles. The van der Waals surface area contributed by atoms with Gasteiger partial charge >= 0.3 is 0 Å². The molecular formula is C18H21ClN4O4S. The minimum Gasteiger partial charge on any atom is -0.271 e. The first-order chi connectivity index (χ1) is 13.2. The van der Waals surface area contributed by atoms with E-state index < -0.39 is 14.9 Å². The summed E-state index contributed by atoms with van der Waals surface area (Å²) in [5.74, 6) is 0. The van der Waals surface area contributed by atoms with Crippen LogP contribution >= 0.6 is 11.6 Å². The number of benzene rings is 2. The summed E-state index contributed by atoms with van der Waals surface area (Å²) in [6, 6.07) is 10.7. The molecule has 150 valence electrons. The Hall–Kier alpha value is -2.49. The fraction of sp³-hybridized carbons (Fsp3) is 0.278. The van der Waals surface area contributed by atoms with E-state index in [0.29, 0.717) is 10.7 Å². The number of hydrogen-bond acceptors (Lipinski definition) is 6. The van der Waals surface area contributed by atoms with Crippen LogP contribution in [0.2, 0.25) is 5.02 Å². The maximum Gasteiger partial charge on any atom is 0.295 e. The lowest BCUT2D eigenvalue weighted by atomic mass is 10.1. The molecule has 0 aromatic heterocycles. The largest absolute Gasteiger partial charge is 0.295 e. The van der Waals surface area contributed by atoms with E-state index in [9.17, 15) is 18.5 Å². The summed E-state index contributed by atoms with van der Waals surface area (Å²) in [6.45, 7) is 5.70. The third kappa shape index (κ3) is 4.86. The van der Waals surface area contributed by atoms with Gasteiger partial charge < -0.3 is 0 Å². The summed E-state index contributed by atoms with van der Waals surface area (Å²) >= 11 is 5.86. The highest BCUT2D eigenvalue weighted by Gasteiger charge is 2.25. The van der Waals surface area contributed by atoms with Gasteiger partial charge in [-0.1, -0.05) is 37.6 Å². The van der Waals surface area contributed by atoms with E-state index in [2.05, 4.69) is 10.5 Å². The zero-order valence-electron chi connectivity index (χ0n) is 15.7. The highest BCUT2D eigenvalue weighted by molar-refractivity contribution is 7.89. The standard InChI is InChI=1S/C18H21ClN4O4S/c1-4-22(5-2)28(26,27)16-10-11-17(18(12-16)23(24)25)21-20-13(3)14-6-8-15(19)9-7-14/h6-12,21H,4-5H2,1-3H3/b20-13+. The molecule has 0 atom stereocenters. The van der Waals surface area contributed by atoms with Gasteiger partial charge in [0.1, 0.15) is 5.69 Å². The van der Waals surface area contributed by atoms with Gasteiger partial charge in [0.05, 0.1) is 15.5 Å². The Morgan fingerprint density at radius 3 is 2.32 bits per heavy atom. The Morgan fingerprint density at radius 1 is 1.18 bits per heavy atom. The van der Waals surface area contributed by atoms with E-state index in [1.165, 1.54) is 16.4 Å². The average molecular weight is 425 g/mol. The molecule has 0 saturated carbocycles. The van der Waals surface area contributed by atoms with Gasteiger partial charge in [-0.2, -0.15) is 9.41 Å². The summed E-state index contributed by atoms with van der Waals surface area (Å²) < 4.78 is 26.4. The Kier molecular flexibility index (Phi) is 7.11. The molecule has 0 amide bonds. The zero-order valence-corrected chi connectivity index (χ0v) is 17.3. The molecule has 28 heavy (non-hydrogen) atoms. The highest BCUT2D eigenvalue weighted by Crippen LogP contribution is 2.29. The first-order valence-corrected chi connectivity index (χ1v) is 10.4. The Bertz CT molecular complexity index is 987. The van der Waals surface area contributed by atoms with E-state index in [1.54, 1.807) is 45.0 Å². The second kappa shape index (κ2) is 9.13. The minimum absolute atomic E-state index is 0.0943. The van der Waals surface area contributed by atoms with Crippen LogP contribution in [0, 0.1) is 10.1 Å². The van der Waals surface area contributed by atoms with Gasteiger partial charge in [0, 0.05) is 24.2 Å². The molecule has 0 aliphatic rings. The smallest absolute Gasteiger partial charge is 0.271 e. The molecule has 10 heteroatoms. The monoisotopic (exact) mass is 424 g/mol. The molecule has 0 heterocycles. The number of nitrogens with one attached hydrogen (secondary N) is 1. The van der Waals surface area contributed by atoms with Crippen molar-refractivity contribution in [3.63, 3.8) is 0 Å². The number of halogens is 1. The molecule has 0 aliphatic heterocycles. The average Bonchev–Trinajstić information content (AvgIpc) is 2.67. The van der Waals surface area contributed by atoms with Crippen molar-refractivity contribution < 1.29 is 13.3 Å². The van der Waals surface area contributed by atoms with Crippen LogP contribution in [0.3, 0.4) is 0 Å². The van der Waals surface area contributed by atoms with Crippen LogP contribution in [0.25, 0.3) is 0 Å². The summed E-state index contributed by atoms with van der Waals surface area (Å²) in [6.07, 6.45) is 0. The molecule has 0 unspecified atom stereocenters. The zero-order chi connectivity index (χ0) is 20.9. The van der Waals surface area contributed by atoms with Crippen molar-refractivity contribution in [1.82, 2.24) is 4.31 Å². The molecule has 0 radical (unpaired) electrons. The molecule has 0 bridgehead atoms. The summed E-state index contributed by atoms with van der Waals surface area (Å²) in [7, 11) is -3.80. The fourth-order valence-corrected chi connectivity index (χ4v) is 4.13. The van der Waals surface area contributed by atoms with Crippen molar-refractivity contribution in [2.75, 3.05) is 18.5 Å². The summed E-state index contributed by atoms with van der Waals surface area (Å²) in [4.78, 5) is 10.7. The molecule has 0 aliphatic carbocycles. The Balaban J connectivity index is 2.37. The van der Waals surface area contributed by atoms with Crippen LogP contribution in [0.15, 0.2) is 52.5 Å². The predicted octanol–water partition coefficient (Wildman–Crippen LogP) is 4.11. The van der Waals surface area contributed by atoms with Crippen LogP contribution in [-0.4, -0.2) is 36.4 Å². The van der Waals surface area contributed by atoms with E-state index in [0.717, 1.165) is 11.6 Å². The second-order valence-electron chi connectivity index (χ2n) is 5.84. The van der Waals surface area contributed by atoms with Crippen molar-refractivity contribution in [2.45, 2.75) is 25.7 Å². The molecule has 0 spiro atoms. The lowest BCUT2D eigenvalue weighted by molar-refractivity contribution is -0.384. The molecular weight excluding hydrogens is 404 g/mol. The van der Waals surface area contributed by atoms with E-state index >= 15 is 0 Å². The van der Waals surface area contributed by atoms with E-state index in [4.69, 9.17) is 11.6 Å². The molecule has 2 aromatic rings. The van der Waals surface area contributed by atoms with Crippen molar-refractivity contribution in [3.8, 4) is 0 Å². The van der Waals surface area contributed by atoms with Crippen molar-refractivity contribution >= 4 is 38.7 Å². The van der Waals surface area contributed by atoms with Gasteiger partial charge in [-0.05, 0) is 36.8 Å². The van der Waals surface area contributed by atoms with Crippen LogP contribution in [-0.2, 0) is 10.0 Å². The van der Waals surface area contributed by atoms with Crippen LogP contribution < -0.4 is 5.43 Å². The first kappa shape index (κ1) is 21.8. The number of rotatable bonds is 8. The first-order valence-electron chi connectivity index (χ1n) is 8.55. The quantitative estimate of drug-likeness (QED) is 0.390. The van der Waals surface area contributed by atoms with Gasteiger partial charge in [-0.25, -0.2) is 8.42 Å². The maximum absolute atomic E-state index is 12.6. The molecule has 0 saturated heterocycles. The number of nitro groups is 1. The van der Waals surface area contributed by atoms with Gasteiger partial charge in [0.15, 0.2) is 0 Å². The van der Waals surface area contributed by atoms with Crippen LogP contribution in [0.5, 0.6) is 0 Å². The molecule has 1 N–H and O–H groups in total. The lowest BCUT2D eigenvalue weighted by Gasteiger charge is -2.18. The molecule has 2 rings (SSSR count). The highest BCUT2D eigenvalue weighted by atomic mass is 35.5. The van der Waals surface area contributed by atoms with Crippen LogP contribution in [0.4, 0.5) is 11.4 Å². The number of anilines is 1. The third-order valence-corrected chi connectivity index (χ3v) is 6.41. The SMILES string of the molecule is CCN(CC)S(=O)(=O)c1ccc(N/N=C(\C)c2ccc(Cl)cc2)c([N+](=O)[O-])c1. The summed E-state index contributed by atoms with van der Waals surface area (Å²) in [5, 5.41) is 16.2. The maximum atomic E-state index is 12.6. The lowest BCUT2D eigenvalue weighted by Crippen LogP contribution is -2.30. The molecule has 0 fully saturated rings. The normalized spacial score (nSPS) is 12.2. The Morgan fingerprint density at radius 2 is 1.79 bits per heavy atom. The van der Waals surface area contributed by atoms with Gasteiger partial charge in [0.25, 0.3) is 5.69 Å². The fourth-order valence-electron chi connectivity index (χ4n) is 2.53. The van der Waals surface area contributed by atoms with Gasteiger partial charge in [-0.15, -0.1) is 0 Å². The number of hydrazone groups is 1. The number of nitrogens with zero attached hydrogens (tertiary/aromatic N) is 3. The third-order valence-electron chi connectivity index (χ3n) is 4.12. The van der Waals surface area contributed by atoms with E-state index in [-0.39, 0.29) is 29.4 Å². The van der Waals surface area contributed by atoms with Crippen molar-refractivity contribution in [2.24, 2.45) is 5.10 Å². The van der Waals surface area contributed by atoms with Crippen molar-refractivity contribution in [3.05, 3.63) is 63.2 Å². The molecule has 8 nitrogen and oxygen atoms in total. The number of sulfonamides is 1. The number of nitro benzene ring substituents is 1. The number of hydrogen-bond donors (Lipinski definition) is 1. The Labute approximate surface area is 169 Å². The van der Waals surface area contributed by atoms with Crippen molar-refractivity contribution in [1.29, 1.82) is 0 Å². The second-order valence-corrected chi connectivity index (χ2v) is 8.22. The van der Waals surface area contributed by atoms with E-state index in [1.807, 2.05) is 0 Å². The topological polar surface area (TPSA) is 105 Å². The van der Waals surface area contributed by atoms with Gasteiger partial charge in [-0.3, -0.25) is 15.5 Å². The minimum atomic E-state index is -3.80. The summed E-state index contributed by atoms with van der Waals surface area (Å²) in [5.41, 5.74) is 3.75.